The second-order valence-corrected chi connectivity index (χ2v) is 6.91. The highest BCUT2D eigenvalue weighted by atomic mass is 16.5. The largest absolute Gasteiger partial charge is 0.376 e. The summed E-state index contributed by atoms with van der Waals surface area (Å²) in [6.07, 6.45) is 2.67. The molecule has 3 aromatic rings. The third-order valence-corrected chi connectivity index (χ3v) is 4.96. The summed E-state index contributed by atoms with van der Waals surface area (Å²) >= 11 is 0. The number of carbonyl (C=O) groups excluding carboxylic acids is 1. The molecular formula is C19H23N5O2. The lowest BCUT2D eigenvalue weighted by molar-refractivity contribution is -0.133. The van der Waals surface area contributed by atoms with Crippen LogP contribution in [-0.4, -0.2) is 50.1 Å². The lowest BCUT2D eigenvalue weighted by Gasteiger charge is -2.25. The van der Waals surface area contributed by atoms with E-state index in [1.54, 1.807) is 4.52 Å². The van der Waals surface area contributed by atoms with Gasteiger partial charge in [0.15, 0.2) is 5.65 Å². The highest BCUT2D eigenvalue weighted by molar-refractivity contribution is 5.84. The molecule has 1 saturated heterocycles. The fourth-order valence-electron chi connectivity index (χ4n) is 3.60. The van der Waals surface area contributed by atoms with Crippen LogP contribution in [0.3, 0.4) is 0 Å². The molecule has 26 heavy (non-hydrogen) atoms. The molecule has 1 amide bonds. The summed E-state index contributed by atoms with van der Waals surface area (Å²) in [5.41, 5.74) is 3.78. The number of aromatic nitrogens is 4. The van der Waals surface area contributed by atoms with Crippen molar-refractivity contribution in [2.45, 2.75) is 45.8 Å². The summed E-state index contributed by atoms with van der Waals surface area (Å²) in [6.45, 7) is 5.83. The third kappa shape index (κ3) is 3.14. The number of nitrogens with zero attached hydrogens (tertiary/aromatic N) is 5. The number of hydrogen-bond donors (Lipinski definition) is 0. The first-order valence-corrected chi connectivity index (χ1v) is 9.15. The summed E-state index contributed by atoms with van der Waals surface area (Å²) in [7, 11) is 0. The Balaban J connectivity index is 1.72. The van der Waals surface area contributed by atoms with Crippen molar-refractivity contribution < 1.29 is 9.53 Å². The number of hydrogen-bond acceptors (Lipinski definition) is 5. The van der Waals surface area contributed by atoms with E-state index in [1.807, 2.05) is 18.7 Å². The first kappa shape index (κ1) is 16.9. The van der Waals surface area contributed by atoms with Crippen LogP contribution in [0.15, 0.2) is 24.3 Å². The molecule has 4 rings (SSSR count). The fourth-order valence-corrected chi connectivity index (χ4v) is 3.60. The molecule has 0 bridgehead atoms. The van der Waals surface area contributed by atoms with Crippen molar-refractivity contribution in [3.05, 3.63) is 35.4 Å². The Morgan fingerprint density at radius 2 is 2.27 bits per heavy atom. The molecule has 0 spiro atoms. The fraction of sp³-hybridized carbons (Fsp3) is 0.474. The van der Waals surface area contributed by atoms with Crippen molar-refractivity contribution in [1.29, 1.82) is 0 Å². The smallest absolute Gasteiger partial charge is 0.222 e. The molecule has 136 valence electrons. The lowest BCUT2D eigenvalue weighted by atomic mass is 10.1. The van der Waals surface area contributed by atoms with Crippen molar-refractivity contribution in [2.75, 3.05) is 13.2 Å². The molecule has 7 nitrogen and oxygen atoms in total. The summed E-state index contributed by atoms with van der Waals surface area (Å²) in [5, 5.41) is 13.3. The summed E-state index contributed by atoms with van der Waals surface area (Å²) in [4.78, 5) is 14.4. The van der Waals surface area contributed by atoms with Gasteiger partial charge in [0.05, 0.1) is 11.6 Å². The molecule has 3 heterocycles. The molecule has 1 aliphatic heterocycles. The second kappa shape index (κ2) is 6.99. The summed E-state index contributed by atoms with van der Waals surface area (Å²) < 4.78 is 7.49. The normalized spacial score (nSPS) is 17.2. The second-order valence-electron chi connectivity index (χ2n) is 6.91. The molecule has 7 heteroatoms. The standard InChI is InChI=1S/C19H23N5O2/c1-3-18(25)23(12-16-5-4-8-26-16)11-15-10-14-7-6-13(2)9-17(14)24-19(15)20-21-22-24/h6-7,9-10,16H,3-5,8,11-12H2,1-2H3. The number of rotatable bonds is 5. The number of carbonyl (C=O) groups is 1. The van der Waals surface area contributed by atoms with Crippen LogP contribution in [0.4, 0.5) is 0 Å². The maximum absolute atomic E-state index is 12.5. The van der Waals surface area contributed by atoms with E-state index in [0.29, 0.717) is 25.2 Å². The predicted octanol–water partition coefficient (Wildman–Crippen LogP) is 2.50. The molecule has 0 radical (unpaired) electrons. The van der Waals surface area contributed by atoms with Crippen LogP contribution in [-0.2, 0) is 16.1 Å². The van der Waals surface area contributed by atoms with Crippen LogP contribution in [0.2, 0.25) is 0 Å². The van der Waals surface area contributed by atoms with E-state index in [1.165, 1.54) is 0 Å². The number of tetrazole rings is 1. The zero-order valence-corrected chi connectivity index (χ0v) is 15.2. The molecule has 0 aliphatic carbocycles. The molecule has 1 aliphatic rings. The summed E-state index contributed by atoms with van der Waals surface area (Å²) in [5.74, 6) is 0.120. The van der Waals surface area contributed by atoms with E-state index in [4.69, 9.17) is 4.74 Å². The number of fused-ring (bicyclic) bond motifs is 3. The van der Waals surface area contributed by atoms with Gasteiger partial charge in [-0.25, -0.2) is 0 Å². The Hall–Kier alpha value is -2.54. The first-order valence-electron chi connectivity index (χ1n) is 9.15. The zero-order valence-electron chi connectivity index (χ0n) is 15.2. The SMILES string of the molecule is CCC(=O)N(Cc1cc2ccc(C)cc2n2nnnc12)CC1CCCO1. The van der Waals surface area contributed by atoms with Crippen LogP contribution in [0, 0.1) is 6.92 Å². The zero-order chi connectivity index (χ0) is 18.1. The molecule has 1 aromatic carbocycles. The molecule has 0 saturated carbocycles. The predicted molar refractivity (Wildman–Crippen MR) is 97.7 cm³/mol. The van der Waals surface area contributed by atoms with Crippen LogP contribution >= 0.6 is 0 Å². The van der Waals surface area contributed by atoms with Gasteiger partial charge in [0.2, 0.25) is 5.91 Å². The average molecular weight is 353 g/mol. The monoisotopic (exact) mass is 353 g/mol. The van der Waals surface area contributed by atoms with Crippen molar-refractivity contribution in [1.82, 2.24) is 24.9 Å². The minimum absolute atomic E-state index is 0.120. The van der Waals surface area contributed by atoms with Crippen molar-refractivity contribution in [3.63, 3.8) is 0 Å². The van der Waals surface area contributed by atoms with Crippen LogP contribution in [0.5, 0.6) is 0 Å². The summed E-state index contributed by atoms with van der Waals surface area (Å²) in [6, 6.07) is 8.31. The quantitative estimate of drug-likeness (QED) is 0.705. The van der Waals surface area contributed by atoms with Gasteiger partial charge in [0.1, 0.15) is 0 Å². The first-order chi connectivity index (χ1) is 12.7. The van der Waals surface area contributed by atoms with Gasteiger partial charge in [0, 0.05) is 37.1 Å². The van der Waals surface area contributed by atoms with Gasteiger partial charge in [-0.3, -0.25) is 4.79 Å². The molecule has 0 N–H and O–H groups in total. The number of benzene rings is 1. The number of amides is 1. The maximum Gasteiger partial charge on any atom is 0.222 e. The van der Waals surface area contributed by atoms with E-state index < -0.39 is 0 Å². The molecule has 1 atom stereocenters. The molecule has 1 fully saturated rings. The number of pyridine rings is 1. The number of aryl methyl sites for hydroxylation is 1. The van der Waals surface area contributed by atoms with E-state index in [2.05, 4.69) is 39.8 Å². The minimum atomic E-state index is 0.120. The lowest BCUT2D eigenvalue weighted by Crippen LogP contribution is -2.36. The van der Waals surface area contributed by atoms with Crippen molar-refractivity contribution >= 4 is 22.5 Å². The van der Waals surface area contributed by atoms with E-state index in [9.17, 15) is 4.79 Å². The van der Waals surface area contributed by atoms with Crippen molar-refractivity contribution in [3.8, 4) is 0 Å². The van der Waals surface area contributed by atoms with Gasteiger partial charge < -0.3 is 9.64 Å². The Labute approximate surface area is 151 Å². The average Bonchev–Trinajstić information content (AvgIpc) is 3.32. The van der Waals surface area contributed by atoms with Gasteiger partial charge >= 0.3 is 0 Å². The molecule has 1 unspecified atom stereocenters. The Bertz CT molecular complexity index is 946. The van der Waals surface area contributed by atoms with Gasteiger partial charge in [-0.15, -0.1) is 5.10 Å². The van der Waals surface area contributed by atoms with E-state index >= 15 is 0 Å². The van der Waals surface area contributed by atoms with Crippen LogP contribution < -0.4 is 0 Å². The molecule has 2 aromatic heterocycles. The topological polar surface area (TPSA) is 72.6 Å². The Kier molecular flexibility index (Phi) is 4.55. The Morgan fingerprint density at radius 1 is 1.38 bits per heavy atom. The van der Waals surface area contributed by atoms with Gasteiger partial charge in [0.25, 0.3) is 0 Å². The number of ether oxygens (including phenoxy) is 1. The van der Waals surface area contributed by atoms with Gasteiger partial charge in [-0.2, -0.15) is 4.52 Å². The van der Waals surface area contributed by atoms with Gasteiger partial charge in [-0.05, 0) is 47.9 Å². The maximum atomic E-state index is 12.5. The van der Waals surface area contributed by atoms with Crippen LogP contribution in [0.1, 0.15) is 37.3 Å². The molecular weight excluding hydrogens is 330 g/mol. The van der Waals surface area contributed by atoms with Crippen molar-refractivity contribution in [2.24, 2.45) is 0 Å². The third-order valence-electron chi connectivity index (χ3n) is 4.96. The highest BCUT2D eigenvalue weighted by Gasteiger charge is 2.23. The van der Waals surface area contributed by atoms with E-state index in [0.717, 1.165) is 41.5 Å². The van der Waals surface area contributed by atoms with Crippen LogP contribution in [0.25, 0.3) is 16.6 Å². The van der Waals surface area contributed by atoms with E-state index in [-0.39, 0.29) is 12.0 Å². The highest BCUT2D eigenvalue weighted by Crippen LogP contribution is 2.23. The Morgan fingerprint density at radius 3 is 3.04 bits per heavy atom. The van der Waals surface area contributed by atoms with Gasteiger partial charge in [-0.1, -0.05) is 19.1 Å². The minimum Gasteiger partial charge on any atom is -0.376 e.